The molecule has 11 nitrogen and oxygen atoms in total. The maximum absolute atomic E-state index is 12.7. The Morgan fingerprint density at radius 2 is 1.84 bits per heavy atom. The second kappa shape index (κ2) is 10.4. The lowest BCUT2D eigenvalue weighted by atomic mass is 10.0. The van der Waals surface area contributed by atoms with Crippen LogP contribution >= 0.6 is 0 Å². The Hall–Kier alpha value is -4.16. The largest absolute Gasteiger partial charge is 0.315 e. The van der Waals surface area contributed by atoms with Crippen LogP contribution in [0.3, 0.4) is 0 Å². The minimum absolute atomic E-state index is 0.0241. The third-order valence-corrected chi connectivity index (χ3v) is 8.37. The molecule has 0 fully saturated rings. The number of aryl methyl sites for hydroxylation is 1. The SMILES string of the molecule is CC(CCn1ccc(-c2ccc(-c3cn(Cc4cccnc4)nn3)cc2)cc1=O)(C(=O)NO)S(C)(=O)=O. The first kappa shape index (κ1) is 25.9. The Morgan fingerprint density at radius 1 is 1.11 bits per heavy atom. The number of rotatable bonds is 9. The molecule has 2 N–H and O–H groups in total. The molecule has 37 heavy (non-hydrogen) atoms. The molecule has 0 aliphatic rings. The number of pyridine rings is 2. The van der Waals surface area contributed by atoms with E-state index in [2.05, 4.69) is 15.3 Å². The molecule has 3 heterocycles. The zero-order valence-electron chi connectivity index (χ0n) is 20.3. The van der Waals surface area contributed by atoms with Crippen LogP contribution in [0, 0.1) is 0 Å². The maximum Gasteiger partial charge on any atom is 0.264 e. The number of amides is 1. The van der Waals surface area contributed by atoms with E-state index in [1.54, 1.807) is 29.3 Å². The van der Waals surface area contributed by atoms with Gasteiger partial charge in [0.2, 0.25) is 0 Å². The van der Waals surface area contributed by atoms with Gasteiger partial charge >= 0.3 is 0 Å². The van der Waals surface area contributed by atoms with Crippen molar-refractivity contribution in [2.75, 3.05) is 6.26 Å². The highest BCUT2D eigenvalue weighted by Gasteiger charge is 2.43. The van der Waals surface area contributed by atoms with E-state index in [0.29, 0.717) is 17.8 Å². The third kappa shape index (κ3) is 5.65. The molecule has 3 aromatic heterocycles. The molecule has 0 saturated carbocycles. The number of hydroxylamine groups is 1. The summed E-state index contributed by atoms with van der Waals surface area (Å²) in [4.78, 5) is 28.8. The molecule has 0 spiro atoms. The molecule has 1 aromatic carbocycles. The predicted octanol–water partition coefficient (Wildman–Crippen LogP) is 1.92. The average molecular weight is 523 g/mol. The summed E-state index contributed by atoms with van der Waals surface area (Å²) >= 11 is 0. The van der Waals surface area contributed by atoms with Gasteiger partial charge in [-0.2, -0.15) is 0 Å². The van der Waals surface area contributed by atoms with Gasteiger partial charge in [0.15, 0.2) is 14.6 Å². The molecule has 1 amide bonds. The number of nitrogens with zero attached hydrogens (tertiary/aromatic N) is 5. The molecule has 12 heteroatoms. The molecule has 0 bridgehead atoms. The summed E-state index contributed by atoms with van der Waals surface area (Å²) in [6.07, 6.45) is 7.63. The van der Waals surface area contributed by atoms with Gasteiger partial charge in [-0.25, -0.2) is 18.6 Å². The Bertz CT molecular complexity index is 1570. The van der Waals surface area contributed by atoms with Gasteiger partial charge in [-0.15, -0.1) is 5.10 Å². The van der Waals surface area contributed by atoms with Gasteiger partial charge in [-0.05, 0) is 42.2 Å². The van der Waals surface area contributed by atoms with Crippen molar-refractivity contribution in [3.8, 4) is 22.4 Å². The van der Waals surface area contributed by atoms with Crippen LogP contribution in [0.4, 0.5) is 0 Å². The molecule has 0 aliphatic carbocycles. The zero-order chi connectivity index (χ0) is 26.6. The van der Waals surface area contributed by atoms with Gasteiger partial charge < -0.3 is 4.57 Å². The fourth-order valence-electron chi connectivity index (χ4n) is 3.81. The van der Waals surface area contributed by atoms with Crippen molar-refractivity contribution in [3.63, 3.8) is 0 Å². The van der Waals surface area contributed by atoms with Crippen LogP contribution in [0.2, 0.25) is 0 Å². The number of carbonyl (C=O) groups excluding carboxylic acids is 1. The topological polar surface area (TPSA) is 149 Å². The lowest BCUT2D eigenvalue weighted by molar-refractivity contribution is -0.131. The maximum atomic E-state index is 12.7. The van der Waals surface area contributed by atoms with Gasteiger partial charge in [0.05, 0.1) is 12.7 Å². The number of hydrogen-bond acceptors (Lipinski definition) is 8. The van der Waals surface area contributed by atoms with Crippen molar-refractivity contribution < 1.29 is 18.4 Å². The van der Waals surface area contributed by atoms with E-state index in [0.717, 1.165) is 22.9 Å². The van der Waals surface area contributed by atoms with E-state index in [4.69, 9.17) is 5.21 Å². The fourth-order valence-corrected chi connectivity index (χ4v) is 4.66. The summed E-state index contributed by atoms with van der Waals surface area (Å²) in [6.45, 7) is 1.75. The van der Waals surface area contributed by atoms with Crippen LogP contribution in [0.1, 0.15) is 18.9 Å². The lowest BCUT2D eigenvalue weighted by Crippen LogP contribution is -2.49. The minimum atomic E-state index is -3.85. The second-order valence-corrected chi connectivity index (χ2v) is 11.3. The van der Waals surface area contributed by atoms with Gasteiger partial charge in [-0.1, -0.05) is 35.5 Å². The van der Waals surface area contributed by atoms with Crippen molar-refractivity contribution in [1.82, 2.24) is 30.0 Å². The minimum Gasteiger partial charge on any atom is -0.315 e. The van der Waals surface area contributed by atoms with Crippen LogP contribution in [0.25, 0.3) is 22.4 Å². The van der Waals surface area contributed by atoms with E-state index >= 15 is 0 Å². The van der Waals surface area contributed by atoms with E-state index in [1.165, 1.54) is 23.0 Å². The summed E-state index contributed by atoms with van der Waals surface area (Å²) in [6, 6.07) is 14.6. The lowest BCUT2D eigenvalue weighted by Gasteiger charge is -2.25. The summed E-state index contributed by atoms with van der Waals surface area (Å²) in [5, 5.41) is 17.4. The quantitative estimate of drug-likeness (QED) is 0.250. The Kier molecular flexibility index (Phi) is 7.32. The Labute approximate surface area is 213 Å². The number of nitrogens with one attached hydrogen (secondary N) is 1. The van der Waals surface area contributed by atoms with Gasteiger partial charge in [0.1, 0.15) is 5.69 Å². The highest BCUT2D eigenvalue weighted by molar-refractivity contribution is 7.92. The number of hydrogen-bond donors (Lipinski definition) is 2. The number of carbonyl (C=O) groups is 1. The molecular weight excluding hydrogens is 496 g/mol. The molecule has 4 aromatic rings. The first-order chi connectivity index (χ1) is 17.6. The zero-order valence-corrected chi connectivity index (χ0v) is 21.1. The van der Waals surface area contributed by atoms with Crippen LogP contribution in [0.15, 0.2) is 78.1 Å². The van der Waals surface area contributed by atoms with E-state index in [1.807, 2.05) is 42.6 Å². The molecule has 192 valence electrons. The van der Waals surface area contributed by atoms with E-state index in [-0.39, 0.29) is 18.5 Å². The van der Waals surface area contributed by atoms with Crippen molar-refractivity contribution in [3.05, 3.63) is 89.2 Å². The average Bonchev–Trinajstić information content (AvgIpc) is 3.35. The molecule has 1 atom stereocenters. The van der Waals surface area contributed by atoms with Gasteiger partial charge in [-0.3, -0.25) is 19.8 Å². The fraction of sp³-hybridized carbons (Fsp3) is 0.240. The van der Waals surface area contributed by atoms with Crippen LogP contribution in [-0.4, -0.2) is 55.1 Å². The highest BCUT2D eigenvalue weighted by Crippen LogP contribution is 2.24. The monoisotopic (exact) mass is 522 g/mol. The van der Waals surface area contributed by atoms with Crippen LogP contribution in [0.5, 0.6) is 0 Å². The standard InChI is InChI=1S/C25H26N6O5S/c1-25(24(33)28-34,37(2,35)36)10-13-30-12-9-21(14-23(30)32)19-5-7-20(8-6-19)22-17-31(29-27-22)16-18-4-3-11-26-15-18/h3-9,11-12,14-15,17,34H,10,13,16H2,1-2H3,(H,28,33). The van der Waals surface area contributed by atoms with E-state index < -0.39 is 20.5 Å². The summed E-state index contributed by atoms with van der Waals surface area (Å²) in [5.74, 6) is -1.04. The van der Waals surface area contributed by atoms with E-state index in [9.17, 15) is 18.0 Å². The predicted molar refractivity (Wildman–Crippen MR) is 136 cm³/mol. The van der Waals surface area contributed by atoms with Crippen molar-refractivity contribution >= 4 is 15.7 Å². The van der Waals surface area contributed by atoms with Crippen LogP contribution in [-0.2, 0) is 27.7 Å². The summed E-state index contributed by atoms with van der Waals surface area (Å²) in [7, 11) is -3.85. The van der Waals surface area contributed by atoms with Crippen molar-refractivity contribution in [1.29, 1.82) is 0 Å². The second-order valence-electron chi connectivity index (χ2n) is 8.88. The Balaban J connectivity index is 1.47. The molecule has 0 radical (unpaired) electrons. The number of benzene rings is 1. The summed E-state index contributed by atoms with van der Waals surface area (Å²) < 4.78 is 25.5. The highest BCUT2D eigenvalue weighted by atomic mass is 32.2. The van der Waals surface area contributed by atoms with Gasteiger partial charge in [0, 0.05) is 43.0 Å². The molecular formula is C25H26N6O5S. The molecule has 0 aliphatic heterocycles. The first-order valence-corrected chi connectivity index (χ1v) is 13.2. The van der Waals surface area contributed by atoms with Crippen molar-refractivity contribution in [2.24, 2.45) is 0 Å². The normalized spacial score (nSPS) is 13.2. The Morgan fingerprint density at radius 3 is 2.46 bits per heavy atom. The third-order valence-electron chi connectivity index (χ3n) is 6.35. The smallest absolute Gasteiger partial charge is 0.264 e. The van der Waals surface area contributed by atoms with Gasteiger partial charge in [0.25, 0.3) is 11.5 Å². The summed E-state index contributed by atoms with van der Waals surface area (Å²) in [5.41, 5.74) is 5.16. The first-order valence-electron chi connectivity index (χ1n) is 11.4. The van der Waals surface area contributed by atoms with Crippen LogP contribution < -0.4 is 11.0 Å². The number of aromatic nitrogens is 5. The number of sulfone groups is 1. The molecule has 1 unspecified atom stereocenters. The van der Waals surface area contributed by atoms with Crippen molar-refractivity contribution in [2.45, 2.75) is 31.2 Å². The molecule has 0 saturated heterocycles. The molecule has 4 rings (SSSR count).